The fourth-order valence-electron chi connectivity index (χ4n) is 3.31. The van der Waals surface area contributed by atoms with Crippen molar-refractivity contribution in [2.75, 3.05) is 5.32 Å². The van der Waals surface area contributed by atoms with Gasteiger partial charge in [0.1, 0.15) is 0 Å². The van der Waals surface area contributed by atoms with E-state index in [4.69, 9.17) is 0 Å². The van der Waals surface area contributed by atoms with Crippen LogP contribution in [-0.4, -0.2) is 28.9 Å². The molecular weight excluding hydrogens is 344 g/mol. The highest BCUT2D eigenvalue weighted by Gasteiger charge is 2.18. The highest BCUT2D eigenvalue weighted by molar-refractivity contribution is 5.97. The maximum atomic E-state index is 12.2. The fraction of sp³-hybridized carbons (Fsp3) is 0.286. The van der Waals surface area contributed by atoms with Crippen LogP contribution >= 0.6 is 0 Å². The number of carboxylic acids is 1. The normalized spacial score (nSPS) is 13.9. The van der Waals surface area contributed by atoms with E-state index in [9.17, 15) is 19.5 Å². The lowest BCUT2D eigenvalue weighted by molar-refractivity contribution is -0.115. The van der Waals surface area contributed by atoms with E-state index in [1.165, 1.54) is 6.07 Å². The number of hydrogen-bond acceptors (Lipinski definition) is 3. The lowest BCUT2D eigenvalue weighted by Crippen LogP contribution is -2.32. The van der Waals surface area contributed by atoms with Crippen molar-refractivity contribution in [2.45, 2.75) is 38.1 Å². The minimum Gasteiger partial charge on any atom is -0.478 e. The molecule has 27 heavy (non-hydrogen) atoms. The summed E-state index contributed by atoms with van der Waals surface area (Å²) in [6.45, 7) is 0. The van der Waals surface area contributed by atoms with Crippen LogP contribution in [0.2, 0.25) is 0 Å². The van der Waals surface area contributed by atoms with Gasteiger partial charge in [0.2, 0.25) is 5.91 Å². The van der Waals surface area contributed by atoms with Gasteiger partial charge in [-0.1, -0.05) is 31.0 Å². The molecule has 2 amide bonds. The number of rotatable bonds is 6. The first-order chi connectivity index (χ1) is 13.0. The molecule has 1 aliphatic carbocycles. The van der Waals surface area contributed by atoms with E-state index in [0.717, 1.165) is 25.7 Å². The Balaban J connectivity index is 1.58. The first-order valence-corrected chi connectivity index (χ1v) is 9.05. The summed E-state index contributed by atoms with van der Waals surface area (Å²) in [5, 5.41) is 14.9. The van der Waals surface area contributed by atoms with Crippen molar-refractivity contribution in [3.8, 4) is 0 Å². The summed E-state index contributed by atoms with van der Waals surface area (Å²) in [6.07, 6.45) is 4.32. The third kappa shape index (κ3) is 4.94. The second-order valence-corrected chi connectivity index (χ2v) is 6.72. The van der Waals surface area contributed by atoms with Crippen molar-refractivity contribution in [2.24, 2.45) is 0 Å². The lowest BCUT2D eigenvalue weighted by atomic mass is 10.0. The molecule has 0 bridgehead atoms. The molecule has 0 aromatic heterocycles. The van der Waals surface area contributed by atoms with Crippen molar-refractivity contribution < 1.29 is 19.5 Å². The van der Waals surface area contributed by atoms with Crippen LogP contribution in [0.15, 0.2) is 48.5 Å². The van der Waals surface area contributed by atoms with Gasteiger partial charge >= 0.3 is 5.97 Å². The van der Waals surface area contributed by atoms with E-state index in [1.807, 2.05) is 0 Å². The van der Waals surface area contributed by atoms with Crippen molar-refractivity contribution >= 4 is 23.5 Å². The summed E-state index contributed by atoms with van der Waals surface area (Å²) >= 11 is 0. The van der Waals surface area contributed by atoms with Crippen LogP contribution in [0.5, 0.6) is 0 Å². The van der Waals surface area contributed by atoms with Crippen LogP contribution < -0.4 is 10.6 Å². The van der Waals surface area contributed by atoms with Gasteiger partial charge in [-0.25, -0.2) is 4.79 Å². The summed E-state index contributed by atoms with van der Waals surface area (Å²) < 4.78 is 0. The smallest absolute Gasteiger partial charge is 0.335 e. The minimum absolute atomic E-state index is 0.0353. The SMILES string of the molecule is O=C(Cc1ccccc1C(=O)O)Nc1ccc(C(=O)NC2CCCC2)cc1. The maximum Gasteiger partial charge on any atom is 0.335 e. The Kier molecular flexibility index (Phi) is 5.86. The van der Waals surface area contributed by atoms with Crippen molar-refractivity contribution in [1.82, 2.24) is 5.32 Å². The summed E-state index contributed by atoms with van der Waals surface area (Å²) in [5.74, 6) is -1.47. The average Bonchev–Trinajstić information content (AvgIpc) is 3.15. The third-order valence-corrected chi connectivity index (χ3v) is 4.72. The Hall–Kier alpha value is -3.15. The van der Waals surface area contributed by atoms with Crippen LogP contribution in [0.3, 0.4) is 0 Å². The predicted octanol–water partition coefficient (Wildman–Crippen LogP) is 3.24. The third-order valence-electron chi connectivity index (χ3n) is 4.72. The van der Waals surface area contributed by atoms with Crippen LogP contribution in [0.1, 0.15) is 52.0 Å². The minimum atomic E-state index is -1.06. The molecule has 2 aromatic rings. The molecule has 2 aromatic carbocycles. The molecule has 140 valence electrons. The molecule has 0 radical (unpaired) electrons. The summed E-state index contributed by atoms with van der Waals surface area (Å²) in [4.78, 5) is 35.7. The number of amides is 2. The van der Waals surface area contributed by atoms with Crippen molar-refractivity contribution in [3.05, 3.63) is 65.2 Å². The number of aromatic carboxylic acids is 1. The van der Waals surface area contributed by atoms with Crippen LogP contribution in [-0.2, 0) is 11.2 Å². The average molecular weight is 366 g/mol. The van der Waals surface area contributed by atoms with Crippen LogP contribution in [0, 0.1) is 0 Å². The van der Waals surface area contributed by atoms with Gasteiger partial charge in [-0.05, 0) is 48.7 Å². The Morgan fingerprint density at radius 3 is 2.30 bits per heavy atom. The van der Waals surface area contributed by atoms with Gasteiger partial charge in [0, 0.05) is 17.3 Å². The molecule has 3 N–H and O–H groups in total. The van der Waals surface area contributed by atoms with E-state index >= 15 is 0 Å². The topological polar surface area (TPSA) is 95.5 Å². The van der Waals surface area contributed by atoms with E-state index in [2.05, 4.69) is 10.6 Å². The Morgan fingerprint density at radius 1 is 0.963 bits per heavy atom. The first kappa shape index (κ1) is 18.6. The molecule has 1 saturated carbocycles. The molecule has 1 fully saturated rings. The largest absolute Gasteiger partial charge is 0.478 e. The number of carbonyl (C=O) groups is 3. The number of hydrogen-bond donors (Lipinski definition) is 3. The van der Waals surface area contributed by atoms with E-state index < -0.39 is 5.97 Å². The standard InChI is InChI=1S/C21H22N2O4/c24-19(13-15-5-1-4-8-18(15)21(26)27)22-17-11-9-14(10-12-17)20(25)23-16-6-2-3-7-16/h1,4-5,8-12,16H,2-3,6-7,13H2,(H,22,24)(H,23,25)(H,26,27). The zero-order valence-electron chi connectivity index (χ0n) is 14.9. The number of anilines is 1. The quantitative estimate of drug-likeness (QED) is 0.731. The Labute approximate surface area is 157 Å². The summed E-state index contributed by atoms with van der Waals surface area (Å²) in [6, 6.07) is 13.4. The highest BCUT2D eigenvalue weighted by atomic mass is 16.4. The fourth-order valence-corrected chi connectivity index (χ4v) is 3.31. The second kappa shape index (κ2) is 8.49. The Bertz CT molecular complexity index is 840. The highest BCUT2D eigenvalue weighted by Crippen LogP contribution is 2.18. The lowest BCUT2D eigenvalue weighted by Gasteiger charge is -2.12. The van der Waals surface area contributed by atoms with Gasteiger partial charge in [0.15, 0.2) is 0 Å². The van der Waals surface area contributed by atoms with Gasteiger partial charge < -0.3 is 15.7 Å². The number of carboxylic acid groups (broad SMARTS) is 1. The number of benzene rings is 2. The van der Waals surface area contributed by atoms with E-state index in [1.54, 1.807) is 42.5 Å². The summed E-state index contributed by atoms with van der Waals surface area (Å²) in [7, 11) is 0. The van der Waals surface area contributed by atoms with Crippen molar-refractivity contribution in [3.63, 3.8) is 0 Å². The summed E-state index contributed by atoms with van der Waals surface area (Å²) in [5.41, 5.74) is 1.68. The van der Waals surface area contributed by atoms with Gasteiger partial charge in [0.25, 0.3) is 5.91 Å². The molecular formula is C21H22N2O4. The molecule has 6 nitrogen and oxygen atoms in total. The first-order valence-electron chi connectivity index (χ1n) is 9.05. The molecule has 0 saturated heterocycles. The second-order valence-electron chi connectivity index (χ2n) is 6.72. The Morgan fingerprint density at radius 2 is 1.63 bits per heavy atom. The molecule has 0 aliphatic heterocycles. The monoisotopic (exact) mass is 366 g/mol. The zero-order chi connectivity index (χ0) is 19.2. The molecule has 0 heterocycles. The van der Waals surface area contributed by atoms with E-state index in [0.29, 0.717) is 16.8 Å². The molecule has 3 rings (SSSR count). The van der Waals surface area contributed by atoms with Gasteiger partial charge in [-0.3, -0.25) is 9.59 Å². The van der Waals surface area contributed by atoms with Gasteiger partial charge in [-0.15, -0.1) is 0 Å². The predicted molar refractivity (Wildman–Crippen MR) is 102 cm³/mol. The van der Waals surface area contributed by atoms with Gasteiger partial charge in [-0.2, -0.15) is 0 Å². The number of nitrogens with one attached hydrogen (secondary N) is 2. The maximum absolute atomic E-state index is 12.2. The van der Waals surface area contributed by atoms with Crippen molar-refractivity contribution in [1.29, 1.82) is 0 Å². The molecule has 6 heteroatoms. The van der Waals surface area contributed by atoms with Crippen LogP contribution in [0.25, 0.3) is 0 Å². The molecule has 0 spiro atoms. The van der Waals surface area contributed by atoms with Gasteiger partial charge in [0.05, 0.1) is 12.0 Å². The molecule has 1 aliphatic rings. The molecule has 0 atom stereocenters. The number of carbonyl (C=O) groups excluding carboxylic acids is 2. The molecule has 0 unspecified atom stereocenters. The van der Waals surface area contributed by atoms with E-state index in [-0.39, 0.29) is 29.8 Å². The van der Waals surface area contributed by atoms with Crippen LogP contribution in [0.4, 0.5) is 5.69 Å². The zero-order valence-corrected chi connectivity index (χ0v) is 14.9.